The van der Waals surface area contributed by atoms with Gasteiger partial charge in [-0.25, -0.2) is 4.98 Å². The van der Waals surface area contributed by atoms with Crippen molar-refractivity contribution in [2.75, 3.05) is 20.1 Å². The van der Waals surface area contributed by atoms with E-state index in [1.165, 1.54) is 4.88 Å². The second-order valence-electron chi connectivity index (χ2n) is 3.56. The van der Waals surface area contributed by atoms with Crippen LogP contribution < -0.4 is 10.6 Å². The van der Waals surface area contributed by atoms with Gasteiger partial charge in [0.2, 0.25) is 0 Å². The Hall–Kier alpha value is -1.54. The summed E-state index contributed by atoms with van der Waals surface area (Å²) in [6.45, 7) is 5.42. The molecule has 0 aliphatic rings. The molecule has 0 aliphatic heterocycles. The van der Waals surface area contributed by atoms with E-state index in [9.17, 15) is 0 Å². The summed E-state index contributed by atoms with van der Waals surface area (Å²) in [5.74, 6) is 3.24. The third-order valence-electron chi connectivity index (χ3n) is 2.29. The van der Waals surface area contributed by atoms with E-state index >= 15 is 0 Å². The maximum absolute atomic E-state index is 5.17. The number of terminal acetylenes is 1. The summed E-state index contributed by atoms with van der Waals surface area (Å²) in [4.78, 5) is 9.83. The highest BCUT2D eigenvalue weighted by molar-refractivity contribution is 7.11. The Labute approximate surface area is 107 Å². The molecule has 1 aromatic heterocycles. The number of rotatable bonds is 4. The van der Waals surface area contributed by atoms with Gasteiger partial charge >= 0.3 is 0 Å². The largest absolute Gasteiger partial charge is 0.356 e. The van der Waals surface area contributed by atoms with Crippen molar-refractivity contribution in [1.82, 2.24) is 15.6 Å². The van der Waals surface area contributed by atoms with Gasteiger partial charge in [-0.3, -0.25) is 4.99 Å². The Morgan fingerprint density at radius 1 is 1.47 bits per heavy atom. The van der Waals surface area contributed by atoms with E-state index in [0.717, 1.165) is 29.6 Å². The molecule has 0 radical (unpaired) electrons. The number of nitrogens with one attached hydrogen (secondary N) is 2. The second-order valence-corrected chi connectivity index (χ2v) is 4.84. The fourth-order valence-corrected chi connectivity index (χ4v) is 2.22. The maximum Gasteiger partial charge on any atom is 0.191 e. The molecule has 1 rings (SSSR count). The van der Waals surface area contributed by atoms with E-state index in [4.69, 9.17) is 6.42 Å². The average Bonchev–Trinajstić information content (AvgIpc) is 2.63. The summed E-state index contributed by atoms with van der Waals surface area (Å²) in [6.07, 6.45) is 6.07. The van der Waals surface area contributed by atoms with E-state index in [0.29, 0.717) is 6.54 Å². The molecule has 17 heavy (non-hydrogen) atoms. The van der Waals surface area contributed by atoms with Gasteiger partial charge in [0.15, 0.2) is 5.96 Å². The molecule has 0 saturated carbocycles. The van der Waals surface area contributed by atoms with Gasteiger partial charge in [0.05, 0.1) is 17.2 Å². The molecule has 0 spiro atoms. The molecule has 1 aromatic rings. The van der Waals surface area contributed by atoms with Crippen molar-refractivity contribution >= 4 is 17.3 Å². The normalized spacial score (nSPS) is 11.1. The number of thiazole rings is 1. The predicted molar refractivity (Wildman–Crippen MR) is 73.5 cm³/mol. The predicted octanol–water partition coefficient (Wildman–Crippen LogP) is 1.10. The third-order valence-corrected chi connectivity index (χ3v) is 3.42. The summed E-state index contributed by atoms with van der Waals surface area (Å²) in [6, 6.07) is 0. The number of guanidine groups is 1. The van der Waals surface area contributed by atoms with Crippen LogP contribution in [-0.2, 0) is 6.42 Å². The van der Waals surface area contributed by atoms with Crippen LogP contribution in [0.3, 0.4) is 0 Å². The summed E-state index contributed by atoms with van der Waals surface area (Å²) in [5, 5.41) is 7.35. The molecule has 0 bridgehead atoms. The lowest BCUT2D eigenvalue weighted by molar-refractivity contribution is 0.818. The number of aryl methyl sites for hydroxylation is 2. The van der Waals surface area contributed by atoms with Gasteiger partial charge in [-0.1, -0.05) is 5.92 Å². The van der Waals surface area contributed by atoms with Crippen molar-refractivity contribution in [3.8, 4) is 12.3 Å². The molecule has 0 aromatic carbocycles. The lowest BCUT2D eigenvalue weighted by Crippen LogP contribution is -2.38. The number of aromatic nitrogens is 1. The van der Waals surface area contributed by atoms with Crippen LogP contribution in [0.25, 0.3) is 0 Å². The number of nitrogens with zero attached hydrogens (tertiary/aromatic N) is 2. The van der Waals surface area contributed by atoms with Gasteiger partial charge in [0, 0.05) is 24.9 Å². The van der Waals surface area contributed by atoms with Gasteiger partial charge in [-0.2, -0.15) is 0 Å². The molecule has 0 atom stereocenters. The third kappa shape index (κ3) is 4.45. The van der Waals surface area contributed by atoms with Crippen molar-refractivity contribution in [1.29, 1.82) is 0 Å². The van der Waals surface area contributed by atoms with Crippen molar-refractivity contribution in [3.05, 3.63) is 15.6 Å². The Kier molecular flexibility index (Phi) is 5.50. The zero-order chi connectivity index (χ0) is 12.7. The van der Waals surface area contributed by atoms with Crippen LogP contribution in [-0.4, -0.2) is 31.1 Å². The highest BCUT2D eigenvalue weighted by Crippen LogP contribution is 2.16. The van der Waals surface area contributed by atoms with Gasteiger partial charge in [0.1, 0.15) is 0 Å². The summed E-state index contributed by atoms with van der Waals surface area (Å²) in [5.41, 5.74) is 1.12. The average molecular weight is 250 g/mol. The molecule has 0 amide bonds. The van der Waals surface area contributed by atoms with Crippen LogP contribution in [0.15, 0.2) is 4.99 Å². The fraction of sp³-hybridized carbons (Fsp3) is 0.500. The molecule has 4 nitrogen and oxygen atoms in total. The molecule has 0 unspecified atom stereocenters. The maximum atomic E-state index is 5.17. The van der Waals surface area contributed by atoms with E-state index in [1.54, 1.807) is 18.4 Å². The zero-order valence-electron chi connectivity index (χ0n) is 10.5. The molecule has 92 valence electrons. The number of aliphatic imine (C=N–C) groups is 1. The standard InChI is InChI=1S/C12H18N4S/c1-5-7-14-12(13-4)15-8-6-11-16-9(2)10(3)17-11/h1H,6-8H2,2-4H3,(H2,13,14,15). The highest BCUT2D eigenvalue weighted by Gasteiger charge is 2.03. The number of hydrogen-bond acceptors (Lipinski definition) is 3. The van der Waals surface area contributed by atoms with Gasteiger partial charge < -0.3 is 10.6 Å². The summed E-state index contributed by atoms with van der Waals surface area (Å²) < 4.78 is 0. The first-order valence-electron chi connectivity index (χ1n) is 5.48. The van der Waals surface area contributed by atoms with Gasteiger partial charge in [0.25, 0.3) is 0 Å². The minimum Gasteiger partial charge on any atom is -0.356 e. The van der Waals surface area contributed by atoms with E-state index < -0.39 is 0 Å². The van der Waals surface area contributed by atoms with Crippen LogP contribution >= 0.6 is 11.3 Å². The zero-order valence-corrected chi connectivity index (χ0v) is 11.3. The van der Waals surface area contributed by atoms with Crippen LogP contribution in [0.1, 0.15) is 15.6 Å². The molecule has 1 heterocycles. The number of hydrogen-bond donors (Lipinski definition) is 2. The summed E-state index contributed by atoms with van der Waals surface area (Å²) >= 11 is 1.75. The van der Waals surface area contributed by atoms with E-state index in [2.05, 4.69) is 33.5 Å². The highest BCUT2D eigenvalue weighted by atomic mass is 32.1. The Morgan fingerprint density at radius 2 is 2.24 bits per heavy atom. The van der Waals surface area contributed by atoms with E-state index in [-0.39, 0.29) is 0 Å². The molecule has 2 N–H and O–H groups in total. The first-order valence-corrected chi connectivity index (χ1v) is 6.30. The van der Waals surface area contributed by atoms with Crippen LogP contribution in [0.4, 0.5) is 0 Å². The van der Waals surface area contributed by atoms with Crippen LogP contribution in [0.5, 0.6) is 0 Å². The van der Waals surface area contributed by atoms with Crippen molar-refractivity contribution in [2.24, 2.45) is 4.99 Å². The van der Waals surface area contributed by atoms with Crippen molar-refractivity contribution in [3.63, 3.8) is 0 Å². The minimum absolute atomic E-state index is 0.481. The van der Waals surface area contributed by atoms with Crippen LogP contribution in [0.2, 0.25) is 0 Å². The Balaban J connectivity index is 2.34. The van der Waals surface area contributed by atoms with Crippen molar-refractivity contribution < 1.29 is 0 Å². The lowest BCUT2D eigenvalue weighted by Gasteiger charge is -2.08. The molecule has 5 heteroatoms. The lowest BCUT2D eigenvalue weighted by atomic mass is 10.4. The molecule has 0 saturated heterocycles. The Bertz CT molecular complexity index is 409. The van der Waals surface area contributed by atoms with Crippen LogP contribution in [0, 0.1) is 26.2 Å². The molecular formula is C12H18N4S. The topological polar surface area (TPSA) is 49.3 Å². The molecule has 0 aliphatic carbocycles. The first kappa shape index (κ1) is 13.5. The second kappa shape index (κ2) is 6.92. The minimum atomic E-state index is 0.481. The summed E-state index contributed by atoms with van der Waals surface area (Å²) in [7, 11) is 1.73. The van der Waals surface area contributed by atoms with Crippen molar-refractivity contribution in [2.45, 2.75) is 20.3 Å². The van der Waals surface area contributed by atoms with Gasteiger partial charge in [-0.15, -0.1) is 17.8 Å². The monoisotopic (exact) mass is 250 g/mol. The quantitative estimate of drug-likeness (QED) is 0.478. The Morgan fingerprint density at radius 3 is 2.76 bits per heavy atom. The SMILES string of the molecule is C#CCNC(=NC)NCCc1nc(C)c(C)s1. The first-order chi connectivity index (χ1) is 8.17. The fourth-order valence-electron chi connectivity index (χ4n) is 1.29. The van der Waals surface area contributed by atoms with E-state index in [1.807, 2.05) is 6.92 Å². The smallest absolute Gasteiger partial charge is 0.191 e. The molecular weight excluding hydrogens is 232 g/mol. The van der Waals surface area contributed by atoms with Gasteiger partial charge in [-0.05, 0) is 13.8 Å². The molecule has 0 fully saturated rings.